The standard InChI is InChI=1S/2C10H18O3.2C3H7O.Ti/c2*1-5-6-13-9(12)7-8(11)10(2,3)4;2*1-2-3-4;/h2*5-7H2,1-4H3;2*2-3H2,1H3;/q;;2*-1;+2. The van der Waals surface area contributed by atoms with E-state index in [1.165, 1.54) is 0 Å². The Morgan fingerprint density at radius 2 is 0.829 bits per heavy atom. The zero-order valence-corrected chi connectivity index (χ0v) is 25.4. The van der Waals surface area contributed by atoms with Crippen LogP contribution in [0.5, 0.6) is 0 Å². The van der Waals surface area contributed by atoms with E-state index in [-0.39, 0.29) is 24.4 Å². The predicted octanol–water partition coefficient (Wildman–Crippen LogP) is 5.64. The molecule has 0 aliphatic heterocycles. The topological polar surface area (TPSA) is 105 Å². The SMILES string of the molecule is CCCOC(=O)CC(=O)C(C)(C)C.CCCOC(=O)CC(=O)C(C)(C)C.CCC[O][Ti][O]CCC. The van der Waals surface area contributed by atoms with Gasteiger partial charge in [0.1, 0.15) is 24.4 Å². The molecular weight excluding hydrogens is 488 g/mol. The fourth-order valence-electron chi connectivity index (χ4n) is 1.66. The Kier molecular flexibility index (Phi) is 25.6. The van der Waals surface area contributed by atoms with Gasteiger partial charge in [0.05, 0.1) is 13.2 Å². The molecule has 0 saturated heterocycles. The predicted molar refractivity (Wildman–Crippen MR) is 133 cm³/mol. The fourth-order valence-corrected chi connectivity index (χ4v) is 2.68. The average molecular weight is 539 g/mol. The van der Waals surface area contributed by atoms with Crippen molar-refractivity contribution in [2.24, 2.45) is 10.8 Å². The molecule has 0 aliphatic carbocycles. The van der Waals surface area contributed by atoms with Crippen LogP contribution in [0.1, 0.15) is 108 Å². The first-order chi connectivity index (χ1) is 16.2. The molecule has 35 heavy (non-hydrogen) atoms. The maximum absolute atomic E-state index is 11.3. The van der Waals surface area contributed by atoms with Gasteiger partial charge in [0.25, 0.3) is 0 Å². The summed E-state index contributed by atoms with van der Waals surface area (Å²) in [5.74, 6) is -0.981. The number of esters is 2. The Balaban J connectivity index is -0.000000448. The number of carbonyl (C=O) groups is 4. The van der Waals surface area contributed by atoms with Crippen molar-refractivity contribution in [2.45, 2.75) is 108 Å². The van der Waals surface area contributed by atoms with E-state index in [0.29, 0.717) is 13.2 Å². The van der Waals surface area contributed by atoms with E-state index in [2.05, 4.69) is 13.8 Å². The van der Waals surface area contributed by atoms with E-state index < -0.39 is 42.7 Å². The fraction of sp³-hybridized carbons (Fsp3) is 0.846. The van der Waals surface area contributed by atoms with Crippen molar-refractivity contribution in [1.29, 1.82) is 0 Å². The Bertz CT molecular complexity index is 527. The minimum absolute atomic E-state index is 0.0754. The van der Waals surface area contributed by atoms with Gasteiger partial charge in [0, 0.05) is 10.8 Å². The van der Waals surface area contributed by atoms with Crippen LogP contribution in [0.3, 0.4) is 0 Å². The molecule has 206 valence electrons. The monoisotopic (exact) mass is 538 g/mol. The Hall–Kier alpha value is -1.09. The summed E-state index contributed by atoms with van der Waals surface area (Å²) in [7, 11) is 0. The number of ketones is 2. The molecule has 0 atom stereocenters. The third-order valence-electron chi connectivity index (χ3n) is 3.95. The molecule has 0 bridgehead atoms. The summed E-state index contributed by atoms with van der Waals surface area (Å²) in [5.41, 5.74) is -0.906. The van der Waals surface area contributed by atoms with Crippen molar-refractivity contribution in [1.82, 2.24) is 0 Å². The van der Waals surface area contributed by atoms with Gasteiger partial charge in [-0.15, -0.1) is 0 Å². The van der Waals surface area contributed by atoms with Crippen LogP contribution in [0.4, 0.5) is 0 Å². The molecule has 0 N–H and O–H groups in total. The van der Waals surface area contributed by atoms with Gasteiger partial charge in [-0.2, -0.15) is 0 Å². The van der Waals surface area contributed by atoms with Crippen molar-refractivity contribution in [2.75, 3.05) is 26.4 Å². The van der Waals surface area contributed by atoms with Crippen molar-refractivity contribution < 1.29 is 55.2 Å². The Morgan fingerprint density at radius 1 is 0.543 bits per heavy atom. The molecule has 0 fully saturated rings. The molecule has 0 unspecified atom stereocenters. The molecule has 0 amide bonds. The van der Waals surface area contributed by atoms with Gasteiger partial charge in [0.15, 0.2) is 0 Å². The second-order valence-electron chi connectivity index (χ2n) is 9.92. The number of carbonyl (C=O) groups excluding carboxylic acids is 4. The molecule has 0 spiro atoms. The summed E-state index contributed by atoms with van der Waals surface area (Å²) < 4.78 is 20.0. The summed E-state index contributed by atoms with van der Waals surface area (Å²) in [6, 6.07) is 0. The number of ether oxygens (including phenoxy) is 2. The quantitative estimate of drug-likeness (QED) is 0.121. The van der Waals surface area contributed by atoms with Crippen molar-refractivity contribution in [3.05, 3.63) is 0 Å². The van der Waals surface area contributed by atoms with Crippen LogP contribution in [-0.4, -0.2) is 49.9 Å². The van der Waals surface area contributed by atoms with E-state index >= 15 is 0 Å². The first kappa shape index (κ1) is 38.4. The van der Waals surface area contributed by atoms with Crippen molar-refractivity contribution in [3.8, 4) is 0 Å². The van der Waals surface area contributed by atoms with E-state index in [0.717, 1.165) is 38.9 Å². The van der Waals surface area contributed by atoms with E-state index in [4.69, 9.17) is 16.1 Å². The zero-order valence-electron chi connectivity index (χ0n) is 23.8. The summed E-state index contributed by atoms with van der Waals surface area (Å²) in [5, 5.41) is 0. The van der Waals surface area contributed by atoms with Crippen LogP contribution in [-0.2, 0) is 55.2 Å². The maximum atomic E-state index is 11.3. The minimum atomic E-state index is -0.504. The van der Waals surface area contributed by atoms with E-state index in [1.54, 1.807) is 41.5 Å². The van der Waals surface area contributed by atoms with Crippen LogP contribution in [0.25, 0.3) is 0 Å². The number of Topliss-reactive ketones (excluding diaryl/α,β-unsaturated/α-hetero) is 2. The molecule has 0 aromatic rings. The number of hydrogen-bond acceptors (Lipinski definition) is 8. The Labute approximate surface area is 223 Å². The average Bonchev–Trinajstić information content (AvgIpc) is 2.75. The van der Waals surface area contributed by atoms with Crippen molar-refractivity contribution >= 4 is 23.5 Å². The van der Waals surface area contributed by atoms with Gasteiger partial charge in [-0.05, 0) is 12.8 Å². The van der Waals surface area contributed by atoms with Gasteiger partial charge in [-0.25, -0.2) is 0 Å². The molecule has 0 aromatic heterocycles. The van der Waals surface area contributed by atoms with Gasteiger partial charge >= 0.3 is 78.4 Å². The Morgan fingerprint density at radius 3 is 1.06 bits per heavy atom. The van der Waals surface area contributed by atoms with E-state index in [9.17, 15) is 19.2 Å². The summed E-state index contributed by atoms with van der Waals surface area (Å²) in [6.07, 6.45) is 3.55. The zero-order chi connectivity index (χ0) is 27.9. The van der Waals surface area contributed by atoms with Crippen molar-refractivity contribution in [3.63, 3.8) is 0 Å². The molecule has 0 heterocycles. The van der Waals surface area contributed by atoms with Gasteiger partial charge in [0.2, 0.25) is 0 Å². The summed E-state index contributed by atoms with van der Waals surface area (Å²) >= 11 is -0.504. The van der Waals surface area contributed by atoms with Gasteiger partial charge in [-0.1, -0.05) is 55.4 Å². The second-order valence-corrected chi connectivity index (χ2v) is 11.1. The van der Waals surface area contributed by atoms with Crippen LogP contribution in [0, 0.1) is 10.8 Å². The molecular formula is C26H50O8Ti. The molecule has 0 saturated carbocycles. The van der Waals surface area contributed by atoms with Crippen LogP contribution < -0.4 is 0 Å². The molecule has 9 heteroatoms. The van der Waals surface area contributed by atoms with Gasteiger partial charge < -0.3 is 9.47 Å². The van der Waals surface area contributed by atoms with Crippen LogP contribution in [0.15, 0.2) is 0 Å². The number of hydrogen-bond donors (Lipinski definition) is 0. The number of rotatable bonds is 14. The third kappa shape index (κ3) is 29.0. The first-order valence-corrected chi connectivity index (χ1v) is 13.8. The molecule has 0 aliphatic rings. The van der Waals surface area contributed by atoms with E-state index in [1.807, 2.05) is 13.8 Å². The normalized spacial score (nSPS) is 10.7. The molecule has 0 aromatic carbocycles. The van der Waals surface area contributed by atoms with Gasteiger partial charge in [-0.3, -0.25) is 19.2 Å². The summed E-state index contributed by atoms with van der Waals surface area (Å²) in [6.45, 7) is 21.3. The molecule has 0 rings (SSSR count). The first-order valence-electron chi connectivity index (χ1n) is 12.5. The second kappa shape index (κ2) is 23.3. The molecule has 0 radical (unpaired) electrons. The van der Waals surface area contributed by atoms with Crippen LogP contribution >= 0.6 is 0 Å². The summed E-state index contributed by atoms with van der Waals surface area (Å²) in [4.78, 5) is 44.7. The third-order valence-corrected chi connectivity index (χ3v) is 4.95. The van der Waals surface area contributed by atoms with Crippen LogP contribution in [0.2, 0.25) is 0 Å². The molecule has 8 nitrogen and oxygen atoms in total.